The molecule has 3 aromatic carbocycles. The molecule has 0 aliphatic heterocycles. The number of aryl methyl sites for hydroxylation is 1. The third-order valence-electron chi connectivity index (χ3n) is 4.03. The van der Waals surface area contributed by atoms with Gasteiger partial charge >= 0.3 is 0 Å². The van der Waals surface area contributed by atoms with Gasteiger partial charge in [0.25, 0.3) is 5.91 Å². The Labute approximate surface area is 167 Å². The molecule has 0 fully saturated rings. The fourth-order valence-electron chi connectivity index (χ4n) is 2.56. The van der Waals surface area contributed by atoms with Gasteiger partial charge in [-0.25, -0.2) is 0 Å². The molecule has 0 aromatic heterocycles. The van der Waals surface area contributed by atoms with Gasteiger partial charge in [-0.1, -0.05) is 48.0 Å². The highest BCUT2D eigenvalue weighted by atomic mass is 79.9. The fourth-order valence-corrected chi connectivity index (χ4v) is 3.11. The molecule has 0 bridgehead atoms. The Hall–Kier alpha value is -2.79. The van der Waals surface area contributed by atoms with Crippen LogP contribution in [0.25, 0.3) is 0 Å². The van der Waals surface area contributed by atoms with Crippen molar-refractivity contribution in [1.82, 2.24) is 0 Å². The van der Waals surface area contributed by atoms with Gasteiger partial charge in [0.2, 0.25) is 0 Å². The van der Waals surface area contributed by atoms with E-state index in [9.17, 15) is 4.79 Å². The van der Waals surface area contributed by atoms with Crippen LogP contribution in [0.2, 0.25) is 0 Å². The summed E-state index contributed by atoms with van der Waals surface area (Å²) in [5.41, 5.74) is 3.47. The van der Waals surface area contributed by atoms with Crippen LogP contribution < -0.4 is 14.8 Å². The number of rotatable bonds is 6. The van der Waals surface area contributed by atoms with Crippen molar-refractivity contribution >= 4 is 27.5 Å². The van der Waals surface area contributed by atoms with Crippen LogP contribution in [0.15, 0.2) is 71.2 Å². The zero-order chi connectivity index (χ0) is 19.2. The first-order valence-corrected chi connectivity index (χ1v) is 9.28. The molecule has 138 valence electrons. The molecule has 0 heterocycles. The van der Waals surface area contributed by atoms with Crippen LogP contribution >= 0.6 is 15.9 Å². The largest absolute Gasteiger partial charge is 0.493 e. The third kappa shape index (κ3) is 4.89. The summed E-state index contributed by atoms with van der Waals surface area (Å²) in [7, 11) is 1.55. The van der Waals surface area contributed by atoms with E-state index in [4.69, 9.17) is 9.47 Å². The number of hydrogen-bond donors (Lipinski definition) is 1. The van der Waals surface area contributed by atoms with Crippen molar-refractivity contribution in [3.8, 4) is 11.5 Å². The van der Waals surface area contributed by atoms with E-state index in [1.807, 2.05) is 61.5 Å². The van der Waals surface area contributed by atoms with Crippen LogP contribution in [0, 0.1) is 6.92 Å². The summed E-state index contributed by atoms with van der Waals surface area (Å²) in [6, 6.07) is 20.8. The van der Waals surface area contributed by atoms with Gasteiger partial charge in [-0.2, -0.15) is 0 Å². The van der Waals surface area contributed by atoms with Crippen LogP contribution in [0.1, 0.15) is 21.5 Å². The molecule has 1 amide bonds. The fraction of sp³-hybridized carbons (Fsp3) is 0.136. The molecule has 0 aliphatic carbocycles. The average molecular weight is 426 g/mol. The number of carbonyl (C=O) groups excluding carboxylic acids is 1. The Morgan fingerprint density at radius 2 is 1.74 bits per heavy atom. The van der Waals surface area contributed by atoms with Gasteiger partial charge in [0.05, 0.1) is 11.6 Å². The van der Waals surface area contributed by atoms with Gasteiger partial charge in [-0.05, 0) is 52.7 Å². The second-order valence-corrected chi connectivity index (χ2v) is 6.94. The van der Waals surface area contributed by atoms with Gasteiger partial charge in [0.15, 0.2) is 11.5 Å². The van der Waals surface area contributed by atoms with Crippen LogP contribution in [0.5, 0.6) is 11.5 Å². The maximum Gasteiger partial charge on any atom is 0.255 e. The maximum absolute atomic E-state index is 12.5. The first-order valence-electron chi connectivity index (χ1n) is 8.49. The van der Waals surface area contributed by atoms with Crippen LogP contribution in [-0.2, 0) is 6.61 Å². The quantitative estimate of drug-likeness (QED) is 0.559. The van der Waals surface area contributed by atoms with Crippen LogP contribution in [0.3, 0.4) is 0 Å². The molecule has 0 saturated carbocycles. The minimum atomic E-state index is -0.217. The van der Waals surface area contributed by atoms with E-state index in [0.717, 1.165) is 11.3 Å². The van der Waals surface area contributed by atoms with Gasteiger partial charge in [0, 0.05) is 11.3 Å². The molecule has 5 heteroatoms. The summed E-state index contributed by atoms with van der Waals surface area (Å²) in [5.74, 6) is 0.842. The molecule has 0 unspecified atom stereocenters. The Bertz CT molecular complexity index is 924. The average Bonchev–Trinajstić information content (AvgIpc) is 2.68. The van der Waals surface area contributed by atoms with Crippen molar-refractivity contribution in [2.75, 3.05) is 12.4 Å². The van der Waals surface area contributed by atoms with Gasteiger partial charge in [0.1, 0.15) is 6.61 Å². The molecule has 3 aromatic rings. The Morgan fingerprint density at radius 1 is 1.04 bits per heavy atom. The van der Waals surface area contributed by atoms with Gasteiger partial charge in [-0.15, -0.1) is 0 Å². The van der Waals surface area contributed by atoms with Crippen LogP contribution in [-0.4, -0.2) is 13.0 Å². The molecular formula is C22H20BrNO3. The smallest absolute Gasteiger partial charge is 0.255 e. The summed E-state index contributed by atoms with van der Waals surface area (Å²) < 4.78 is 12.0. The second-order valence-electron chi connectivity index (χ2n) is 6.08. The molecule has 1 N–H and O–H groups in total. The van der Waals surface area contributed by atoms with Crippen molar-refractivity contribution in [3.63, 3.8) is 0 Å². The van der Waals surface area contributed by atoms with Crippen molar-refractivity contribution in [2.24, 2.45) is 0 Å². The SMILES string of the molecule is COc1cc(C(=O)Nc2ccccc2)cc(Br)c1OCc1ccc(C)cc1. The van der Waals surface area contributed by atoms with Gasteiger partial charge < -0.3 is 14.8 Å². The third-order valence-corrected chi connectivity index (χ3v) is 4.62. The van der Waals surface area contributed by atoms with Crippen molar-refractivity contribution < 1.29 is 14.3 Å². The first kappa shape index (κ1) is 19.0. The molecule has 0 spiro atoms. The summed E-state index contributed by atoms with van der Waals surface area (Å²) in [6.07, 6.45) is 0. The predicted octanol–water partition coefficient (Wildman–Crippen LogP) is 5.60. The Balaban J connectivity index is 1.78. The van der Waals surface area contributed by atoms with Crippen molar-refractivity contribution in [2.45, 2.75) is 13.5 Å². The molecule has 0 atom stereocenters. The number of halogens is 1. The lowest BCUT2D eigenvalue weighted by Crippen LogP contribution is -2.12. The molecule has 0 saturated heterocycles. The molecule has 27 heavy (non-hydrogen) atoms. The monoisotopic (exact) mass is 425 g/mol. The zero-order valence-electron chi connectivity index (χ0n) is 15.2. The number of nitrogens with one attached hydrogen (secondary N) is 1. The van der Waals surface area contributed by atoms with Crippen LogP contribution in [0.4, 0.5) is 5.69 Å². The first-order chi connectivity index (χ1) is 13.1. The Morgan fingerprint density at radius 3 is 2.41 bits per heavy atom. The lowest BCUT2D eigenvalue weighted by Gasteiger charge is -2.15. The minimum absolute atomic E-state index is 0.217. The number of amides is 1. The molecular weight excluding hydrogens is 406 g/mol. The lowest BCUT2D eigenvalue weighted by atomic mass is 10.1. The standard InChI is InChI=1S/C22H20BrNO3/c1-15-8-10-16(11-9-15)14-27-21-19(23)12-17(13-20(21)26-2)22(25)24-18-6-4-3-5-7-18/h3-13H,14H2,1-2H3,(H,24,25). The van der Waals surface area contributed by atoms with E-state index in [1.54, 1.807) is 19.2 Å². The normalized spacial score (nSPS) is 10.3. The van der Waals surface area contributed by atoms with Crippen molar-refractivity contribution in [1.29, 1.82) is 0 Å². The number of anilines is 1. The van der Waals surface area contributed by atoms with E-state index in [2.05, 4.69) is 21.2 Å². The topological polar surface area (TPSA) is 47.6 Å². The van der Waals surface area contributed by atoms with E-state index in [-0.39, 0.29) is 5.91 Å². The number of benzene rings is 3. The molecule has 0 radical (unpaired) electrons. The number of carbonyl (C=O) groups is 1. The number of para-hydroxylation sites is 1. The molecule has 0 aliphatic rings. The molecule has 4 nitrogen and oxygen atoms in total. The number of ether oxygens (including phenoxy) is 2. The van der Waals surface area contributed by atoms with Gasteiger partial charge in [-0.3, -0.25) is 4.79 Å². The highest BCUT2D eigenvalue weighted by Crippen LogP contribution is 2.37. The minimum Gasteiger partial charge on any atom is -0.493 e. The number of hydrogen-bond acceptors (Lipinski definition) is 3. The highest BCUT2D eigenvalue weighted by Gasteiger charge is 2.16. The second kappa shape index (κ2) is 8.73. The van der Waals surface area contributed by atoms with E-state index in [0.29, 0.717) is 28.1 Å². The summed E-state index contributed by atoms with van der Waals surface area (Å²) >= 11 is 3.49. The number of methoxy groups -OCH3 is 1. The summed E-state index contributed by atoms with van der Waals surface area (Å²) in [4.78, 5) is 12.5. The summed E-state index contributed by atoms with van der Waals surface area (Å²) in [6.45, 7) is 2.45. The molecule has 3 rings (SSSR count). The predicted molar refractivity (Wildman–Crippen MR) is 111 cm³/mol. The highest BCUT2D eigenvalue weighted by molar-refractivity contribution is 9.10. The maximum atomic E-state index is 12.5. The zero-order valence-corrected chi connectivity index (χ0v) is 16.7. The summed E-state index contributed by atoms with van der Waals surface area (Å²) in [5, 5.41) is 2.86. The lowest BCUT2D eigenvalue weighted by molar-refractivity contribution is 0.102. The Kier molecular flexibility index (Phi) is 6.14. The van der Waals surface area contributed by atoms with E-state index in [1.165, 1.54) is 5.56 Å². The van der Waals surface area contributed by atoms with E-state index < -0.39 is 0 Å². The van der Waals surface area contributed by atoms with E-state index >= 15 is 0 Å². The van der Waals surface area contributed by atoms with Crippen molar-refractivity contribution in [3.05, 3.63) is 87.9 Å².